The molecule has 1 amide bonds. The van der Waals surface area contributed by atoms with E-state index in [4.69, 9.17) is 10.4 Å². The Morgan fingerprint density at radius 2 is 2.19 bits per heavy atom. The molecule has 0 radical (unpaired) electrons. The first-order valence-electron chi connectivity index (χ1n) is 4.27. The van der Waals surface area contributed by atoms with Crippen molar-refractivity contribution in [1.82, 2.24) is 15.2 Å². The average Bonchev–Trinajstić information content (AvgIpc) is 2.81. The zero-order chi connectivity index (χ0) is 11.5. The monoisotopic (exact) mass is 237 g/mol. The number of aromatic nitrogens is 2. The highest BCUT2D eigenvalue weighted by Gasteiger charge is 2.14. The van der Waals surface area contributed by atoms with Gasteiger partial charge in [-0.3, -0.25) is 15.2 Å². The van der Waals surface area contributed by atoms with Crippen molar-refractivity contribution in [3.8, 4) is 10.7 Å². The van der Waals surface area contributed by atoms with E-state index in [9.17, 15) is 4.79 Å². The summed E-state index contributed by atoms with van der Waals surface area (Å²) >= 11 is 1.43. The number of hydrogen-bond donors (Lipinski definition) is 2. The van der Waals surface area contributed by atoms with Crippen LogP contribution in [0.25, 0.3) is 10.7 Å². The van der Waals surface area contributed by atoms with Crippen molar-refractivity contribution < 1.29 is 15.2 Å². The number of rotatable bonds is 2. The van der Waals surface area contributed by atoms with Crippen LogP contribution in [0.2, 0.25) is 0 Å². The fraction of sp³-hybridized carbons (Fsp3) is 0. The normalized spacial score (nSPS) is 10.1. The average molecular weight is 237 g/mol. The molecule has 2 aromatic rings. The minimum atomic E-state index is -1.000. The van der Waals surface area contributed by atoms with E-state index in [2.05, 4.69) is 9.97 Å². The second kappa shape index (κ2) is 4.35. The van der Waals surface area contributed by atoms with Crippen LogP contribution in [-0.2, 0) is 0 Å². The van der Waals surface area contributed by atoms with Crippen molar-refractivity contribution in [3.05, 3.63) is 35.5 Å². The Hall–Kier alpha value is -1.83. The Labute approximate surface area is 94.4 Å². The first kappa shape index (κ1) is 10.7. The van der Waals surface area contributed by atoms with Gasteiger partial charge in [0.25, 0.3) is 0 Å². The van der Waals surface area contributed by atoms with Crippen LogP contribution < -0.4 is 0 Å². The van der Waals surface area contributed by atoms with Crippen LogP contribution in [0.15, 0.2) is 29.8 Å². The van der Waals surface area contributed by atoms with Crippen LogP contribution in [0.3, 0.4) is 0 Å². The highest BCUT2D eigenvalue weighted by molar-refractivity contribution is 7.13. The first-order chi connectivity index (χ1) is 7.68. The smallest absolute Gasteiger partial charge is 0.262 e. The largest absolute Gasteiger partial charge is 0.321 e. The fourth-order valence-corrected chi connectivity index (χ4v) is 1.77. The summed E-state index contributed by atoms with van der Waals surface area (Å²) in [6.45, 7) is 0. The van der Waals surface area contributed by atoms with Gasteiger partial charge in [-0.05, 0) is 17.5 Å². The lowest BCUT2D eigenvalue weighted by molar-refractivity contribution is -0.260. The molecule has 0 aliphatic heterocycles. The molecule has 0 aliphatic rings. The van der Waals surface area contributed by atoms with Gasteiger partial charge in [0, 0.05) is 6.20 Å². The third kappa shape index (κ3) is 2.06. The molecule has 2 heterocycles. The van der Waals surface area contributed by atoms with Crippen LogP contribution in [0, 0.1) is 0 Å². The maximum absolute atomic E-state index is 11.2. The van der Waals surface area contributed by atoms with Gasteiger partial charge in [-0.2, -0.15) is 0 Å². The Morgan fingerprint density at radius 1 is 1.38 bits per heavy atom. The molecule has 2 aromatic heterocycles. The first-order valence-corrected chi connectivity index (χ1v) is 5.15. The number of amides is 1. The van der Waals surface area contributed by atoms with Gasteiger partial charge >= 0.3 is 5.91 Å². The SMILES string of the molecule is O=C(c1ccnc(-c2cccs2)n1)N(O)O. The standard InChI is InChI=1S/C9H7N3O3S/c13-9(12(14)15)6-3-4-10-8(11-6)7-2-1-5-16-7/h1-5,14-15H. The van der Waals surface area contributed by atoms with Gasteiger partial charge in [0.15, 0.2) is 5.82 Å². The number of nitrogens with zero attached hydrogens (tertiary/aromatic N) is 3. The van der Waals surface area contributed by atoms with Crippen molar-refractivity contribution in [2.45, 2.75) is 0 Å². The van der Waals surface area contributed by atoms with E-state index in [1.165, 1.54) is 23.6 Å². The molecule has 0 spiro atoms. The Balaban J connectivity index is 2.37. The molecule has 2 N–H and O–H groups in total. The summed E-state index contributed by atoms with van der Waals surface area (Å²) < 4.78 is 0. The van der Waals surface area contributed by atoms with Crippen molar-refractivity contribution in [2.75, 3.05) is 0 Å². The van der Waals surface area contributed by atoms with Crippen molar-refractivity contribution in [3.63, 3.8) is 0 Å². The van der Waals surface area contributed by atoms with E-state index in [1.54, 1.807) is 0 Å². The summed E-state index contributed by atoms with van der Waals surface area (Å²) in [4.78, 5) is 19.9. The molecule has 0 atom stereocenters. The summed E-state index contributed by atoms with van der Waals surface area (Å²) in [5.74, 6) is -0.622. The highest BCUT2D eigenvalue weighted by Crippen LogP contribution is 2.20. The lowest BCUT2D eigenvalue weighted by Gasteiger charge is -2.05. The number of carbonyl (C=O) groups excluding carboxylic acids is 1. The van der Waals surface area contributed by atoms with Gasteiger partial charge in [0.05, 0.1) is 4.88 Å². The lowest BCUT2D eigenvalue weighted by Crippen LogP contribution is -2.24. The Morgan fingerprint density at radius 3 is 2.81 bits per heavy atom. The molecule has 16 heavy (non-hydrogen) atoms. The molecule has 0 aromatic carbocycles. The molecule has 0 fully saturated rings. The minimum absolute atomic E-state index is 0.0802. The molecule has 82 valence electrons. The molecule has 7 heteroatoms. The van der Waals surface area contributed by atoms with Gasteiger partial charge in [-0.25, -0.2) is 9.97 Å². The Bertz CT molecular complexity index is 498. The lowest BCUT2D eigenvalue weighted by atomic mass is 10.3. The number of carbonyl (C=O) groups is 1. The maximum atomic E-state index is 11.2. The second-order valence-corrected chi connectivity index (χ2v) is 3.79. The minimum Gasteiger partial charge on any atom is -0.262 e. The summed E-state index contributed by atoms with van der Waals surface area (Å²) in [6, 6.07) is 4.95. The molecule has 0 saturated carbocycles. The number of hydroxylamine groups is 2. The molecule has 0 unspecified atom stereocenters. The van der Waals surface area contributed by atoms with E-state index in [0.717, 1.165) is 4.88 Å². The highest BCUT2D eigenvalue weighted by atomic mass is 32.1. The van der Waals surface area contributed by atoms with E-state index >= 15 is 0 Å². The molecule has 0 bridgehead atoms. The topological polar surface area (TPSA) is 86.6 Å². The molecule has 6 nitrogen and oxygen atoms in total. The molecular formula is C9H7N3O3S. The van der Waals surface area contributed by atoms with Gasteiger partial charge in [-0.1, -0.05) is 11.3 Å². The van der Waals surface area contributed by atoms with E-state index in [-0.39, 0.29) is 5.69 Å². The number of hydrogen-bond acceptors (Lipinski definition) is 6. The Kier molecular flexibility index (Phi) is 2.91. The molecule has 0 saturated heterocycles. The van der Waals surface area contributed by atoms with Gasteiger partial charge in [-0.15, -0.1) is 11.3 Å². The van der Waals surface area contributed by atoms with Gasteiger partial charge in [0.2, 0.25) is 0 Å². The number of thiophene rings is 1. The van der Waals surface area contributed by atoms with Crippen LogP contribution in [0.1, 0.15) is 10.5 Å². The summed E-state index contributed by atoms with van der Waals surface area (Å²) in [5, 5.41) is 18.5. The fourth-order valence-electron chi connectivity index (χ4n) is 1.10. The summed E-state index contributed by atoms with van der Waals surface area (Å²) in [7, 11) is 0. The zero-order valence-electron chi connectivity index (χ0n) is 7.94. The van der Waals surface area contributed by atoms with Crippen LogP contribution >= 0.6 is 11.3 Å². The summed E-state index contributed by atoms with van der Waals surface area (Å²) in [5.41, 5.74) is -0.0802. The summed E-state index contributed by atoms with van der Waals surface area (Å²) in [6.07, 6.45) is 1.39. The van der Waals surface area contributed by atoms with Crippen molar-refractivity contribution in [1.29, 1.82) is 0 Å². The van der Waals surface area contributed by atoms with Crippen molar-refractivity contribution >= 4 is 17.2 Å². The zero-order valence-corrected chi connectivity index (χ0v) is 8.76. The second-order valence-electron chi connectivity index (χ2n) is 2.84. The van der Waals surface area contributed by atoms with Crippen LogP contribution in [0.5, 0.6) is 0 Å². The van der Waals surface area contributed by atoms with E-state index in [0.29, 0.717) is 5.82 Å². The van der Waals surface area contributed by atoms with E-state index < -0.39 is 11.1 Å². The third-order valence-corrected chi connectivity index (χ3v) is 2.66. The van der Waals surface area contributed by atoms with Crippen LogP contribution in [0.4, 0.5) is 0 Å². The predicted molar refractivity (Wildman–Crippen MR) is 55.1 cm³/mol. The molecular weight excluding hydrogens is 230 g/mol. The van der Waals surface area contributed by atoms with Crippen LogP contribution in [-0.4, -0.2) is 31.5 Å². The van der Waals surface area contributed by atoms with Crippen molar-refractivity contribution in [2.24, 2.45) is 0 Å². The van der Waals surface area contributed by atoms with Gasteiger partial charge < -0.3 is 0 Å². The van der Waals surface area contributed by atoms with Gasteiger partial charge in [0.1, 0.15) is 5.69 Å². The quantitative estimate of drug-likeness (QED) is 0.609. The predicted octanol–water partition coefficient (Wildman–Crippen LogP) is 1.43. The molecule has 0 aliphatic carbocycles. The molecule has 2 rings (SSSR count). The van der Waals surface area contributed by atoms with E-state index in [1.807, 2.05) is 17.5 Å². The maximum Gasteiger partial charge on any atom is 0.321 e. The third-order valence-electron chi connectivity index (χ3n) is 1.80.